The van der Waals surface area contributed by atoms with Crippen molar-refractivity contribution in [1.29, 1.82) is 0 Å². The van der Waals surface area contributed by atoms with E-state index in [-0.39, 0.29) is 5.91 Å². The number of rotatable bonds is 5. The van der Waals surface area contributed by atoms with E-state index >= 15 is 0 Å². The number of carbonyl (C=O) groups excluding carboxylic acids is 1. The van der Waals surface area contributed by atoms with Crippen LogP contribution in [0, 0.1) is 0 Å². The normalized spacial score (nSPS) is 11.6. The minimum atomic E-state index is -0.810. The Hall–Kier alpha value is -1.67. The number of hydrogen-bond donors (Lipinski definition) is 1. The summed E-state index contributed by atoms with van der Waals surface area (Å²) in [6, 6.07) is 0. The highest BCUT2D eigenvalue weighted by atomic mass is 79.9. The van der Waals surface area contributed by atoms with E-state index in [0.717, 1.165) is 4.47 Å². The van der Waals surface area contributed by atoms with E-state index in [1.54, 1.807) is 55.1 Å². The number of carbonyl (C=O) groups is 1. The van der Waals surface area contributed by atoms with Crippen molar-refractivity contribution in [3.05, 3.63) is 29.3 Å². The molecule has 0 saturated carbocycles. The van der Waals surface area contributed by atoms with Gasteiger partial charge in [-0.15, -0.1) is 0 Å². The molecule has 0 aliphatic heterocycles. The Bertz CT molecular complexity index is 605. The Balaban J connectivity index is 2.10. The quantitative estimate of drug-likeness (QED) is 0.900. The van der Waals surface area contributed by atoms with Gasteiger partial charge in [0, 0.05) is 13.3 Å². The number of hydrogen-bond acceptors (Lipinski definition) is 4. The molecular formula is C12H16BrN5O2. The van der Waals surface area contributed by atoms with Gasteiger partial charge in [-0.1, -0.05) is 0 Å². The Kier molecular flexibility index (Phi) is 4.24. The van der Waals surface area contributed by atoms with E-state index < -0.39 is 5.54 Å². The minimum absolute atomic E-state index is 0.176. The molecule has 0 unspecified atom stereocenters. The van der Waals surface area contributed by atoms with Crippen molar-refractivity contribution in [3.8, 4) is 0 Å². The zero-order valence-corrected chi connectivity index (χ0v) is 13.1. The Morgan fingerprint density at radius 1 is 1.40 bits per heavy atom. The van der Waals surface area contributed by atoms with Gasteiger partial charge in [0.1, 0.15) is 12.3 Å². The van der Waals surface area contributed by atoms with Crippen LogP contribution < -0.4 is 5.32 Å². The van der Waals surface area contributed by atoms with Gasteiger partial charge in [0.2, 0.25) is 0 Å². The molecule has 2 aromatic rings. The Labute approximate surface area is 125 Å². The second-order valence-electron chi connectivity index (χ2n) is 4.80. The number of ether oxygens (including phenoxy) is 1. The van der Waals surface area contributed by atoms with Crippen molar-refractivity contribution in [2.75, 3.05) is 12.4 Å². The summed E-state index contributed by atoms with van der Waals surface area (Å²) in [6.45, 7) is 3.92. The third-order valence-corrected chi connectivity index (χ3v) is 3.24. The average molecular weight is 342 g/mol. The first-order chi connectivity index (χ1) is 9.43. The van der Waals surface area contributed by atoms with Crippen LogP contribution in [0.2, 0.25) is 0 Å². The predicted octanol–water partition coefficient (Wildman–Crippen LogP) is 1.82. The van der Waals surface area contributed by atoms with Crippen molar-refractivity contribution in [2.45, 2.75) is 26.1 Å². The molecule has 0 bridgehead atoms. The van der Waals surface area contributed by atoms with Crippen LogP contribution in [0.5, 0.6) is 0 Å². The Morgan fingerprint density at radius 2 is 2.15 bits per heavy atom. The summed E-state index contributed by atoms with van der Waals surface area (Å²) in [5.74, 6) is -0.176. The summed E-state index contributed by atoms with van der Waals surface area (Å²) in [4.78, 5) is 12.4. The van der Waals surface area contributed by atoms with Gasteiger partial charge in [-0.25, -0.2) is 4.68 Å². The third kappa shape index (κ3) is 3.07. The summed E-state index contributed by atoms with van der Waals surface area (Å²) in [5, 5.41) is 11.0. The first-order valence-electron chi connectivity index (χ1n) is 5.97. The molecule has 0 aliphatic rings. The van der Waals surface area contributed by atoms with Crippen LogP contribution in [-0.2, 0) is 21.8 Å². The molecule has 0 aromatic carbocycles. The predicted molar refractivity (Wildman–Crippen MR) is 77.1 cm³/mol. The topological polar surface area (TPSA) is 74.0 Å². The monoisotopic (exact) mass is 341 g/mol. The summed E-state index contributed by atoms with van der Waals surface area (Å²) in [5.41, 5.74) is -0.193. The maximum Gasteiger partial charge on any atom is 0.251 e. The summed E-state index contributed by atoms with van der Waals surface area (Å²) >= 11 is 3.32. The number of halogens is 1. The lowest BCUT2D eigenvalue weighted by Crippen LogP contribution is -2.40. The summed E-state index contributed by atoms with van der Waals surface area (Å²) < 4.78 is 8.97. The van der Waals surface area contributed by atoms with Gasteiger partial charge in [0.15, 0.2) is 0 Å². The van der Waals surface area contributed by atoms with Crippen LogP contribution >= 0.6 is 15.9 Å². The fraction of sp³-hybridized carbons (Fsp3) is 0.417. The number of nitrogens with zero attached hydrogens (tertiary/aromatic N) is 4. The maximum atomic E-state index is 12.4. The zero-order valence-electron chi connectivity index (χ0n) is 11.5. The number of aromatic nitrogens is 4. The van der Waals surface area contributed by atoms with Crippen LogP contribution in [0.3, 0.4) is 0 Å². The van der Waals surface area contributed by atoms with Gasteiger partial charge in [0.05, 0.1) is 28.8 Å². The second kappa shape index (κ2) is 5.76. The van der Waals surface area contributed by atoms with E-state index in [9.17, 15) is 4.79 Å². The first kappa shape index (κ1) is 14.7. The SMILES string of the molecule is COCn1cc(NC(=O)C(C)(C)n2cc(Br)cn2)cn1. The highest BCUT2D eigenvalue weighted by molar-refractivity contribution is 9.10. The minimum Gasteiger partial charge on any atom is -0.362 e. The summed E-state index contributed by atoms with van der Waals surface area (Å²) in [7, 11) is 1.58. The first-order valence-corrected chi connectivity index (χ1v) is 6.76. The molecule has 8 heteroatoms. The van der Waals surface area contributed by atoms with E-state index in [1.807, 2.05) is 0 Å². The van der Waals surface area contributed by atoms with Gasteiger partial charge in [-0.3, -0.25) is 9.48 Å². The standard InChI is InChI=1S/C12H16BrN5O2/c1-12(2,18-6-9(13)4-15-18)11(19)16-10-5-14-17(7-10)8-20-3/h4-7H,8H2,1-3H3,(H,16,19). The Morgan fingerprint density at radius 3 is 2.75 bits per heavy atom. The van der Waals surface area contributed by atoms with Crippen molar-refractivity contribution in [2.24, 2.45) is 0 Å². The second-order valence-corrected chi connectivity index (χ2v) is 5.72. The fourth-order valence-electron chi connectivity index (χ4n) is 1.63. The highest BCUT2D eigenvalue weighted by Gasteiger charge is 2.30. The van der Waals surface area contributed by atoms with Crippen molar-refractivity contribution < 1.29 is 9.53 Å². The molecule has 20 heavy (non-hydrogen) atoms. The van der Waals surface area contributed by atoms with E-state index in [2.05, 4.69) is 31.4 Å². The van der Waals surface area contributed by atoms with Crippen LogP contribution in [0.25, 0.3) is 0 Å². The molecule has 0 atom stereocenters. The van der Waals surface area contributed by atoms with Gasteiger partial charge in [-0.05, 0) is 29.8 Å². The van der Waals surface area contributed by atoms with E-state index in [0.29, 0.717) is 12.4 Å². The number of methoxy groups -OCH3 is 1. The molecule has 2 heterocycles. The lowest BCUT2D eigenvalue weighted by Gasteiger charge is -2.23. The maximum absolute atomic E-state index is 12.4. The molecule has 0 fully saturated rings. The summed E-state index contributed by atoms with van der Waals surface area (Å²) in [6.07, 6.45) is 6.68. The molecule has 1 N–H and O–H groups in total. The zero-order chi connectivity index (χ0) is 14.8. The fourth-order valence-corrected chi connectivity index (χ4v) is 1.91. The number of anilines is 1. The lowest BCUT2D eigenvalue weighted by atomic mass is 10.1. The van der Waals surface area contributed by atoms with Gasteiger partial charge < -0.3 is 10.1 Å². The van der Waals surface area contributed by atoms with E-state index in [1.165, 1.54) is 0 Å². The molecule has 0 radical (unpaired) electrons. The molecule has 0 aliphatic carbocycles. The molecule has 0 spiro atoms. The average Bonchev–Trinajstić information content (AvgIpc) is 2.99. The van der Waals surface area contributed by atoms with Crippen LogP contribution in [0.1, 0.15) is 13.8 Å². The number of nitrogens with one attached hydrogen (secondary N) is 1. The van der Waals surface area contributed by atoms with Crippen LogP contribution in [0.4, 0.5) is 5.69 Å². The van der Waals surface area contributed by atoms with Gasteiger partial charge in [-0.2, -0.15) is 10.2 Å². The molecule has 2 rings (SSSR count). The van der Waals surface area contributed by atoms with E-state index in [4.69, 9.17) is 4.74 Å². The van der Waals surface area contributed by atoms with Crippen molar-refractivity contribution in [1.82, 2.24) is 19.6 Å². The highest BCUT2D eigenvalue weighted by Crippen LogP contribution is 2.19. The molecular weight excluding hydrogens is 326 g/mol. The van der Waals surface area contributed by atoms with Crippen molar-refractivity contribution in [3.63, 3.8) is 0 Å². The van der Waals surface area contributed by atoms with Crippen molar-refractivity contribution >= 4 is 27.5 Å². The van der Waals surface area contributed by atoms with Crippen LogP contribution in [-0.4, -0.2) is 32.6 Å². The number of amides is 1. The largest absolute Gasteiger partial charge is 0.362 e. The smallest absolute Gasteiger partial charge is 0.251 e. The van der Waals surface area contributed by atoms with Gasteiger partial charge >= 0.3 is 0 Å². The molecule has 1 amide bonds. The molecule has 108 valence electrons. The molecule has 2 aromatic heterocycles. The molecule has 7 nitrogen and oxygen atoms in total. The van der Waals surface area contributed by atoms with Gasteiger partial charge in [0.25, 0.3) is 5.91 Å². The lowest BCUT2D eigenvalue weighted by molar-refractivity contribution is -0.123. The third-order valence-electron chi connectivity index (χ3n) is 2.83. The molecule has 0 saturated heterocycles. The van der Waals surface area contributed by atoms with Crippen LogP contribution in [0.15, 0.2) is 29.3 Å².